The van der Waals surface area contributed by atoms with Gasteiger partial charge in [0.15, 0.2) is 7.05 Å². The van der Waals surface area contributed by atoms with Crippen molar-refractivity contribution in [3.63, 3.8) is 0 Å². The van der Waals surface area contributed by atoms with Crippen LogP contribution in [-0.4, -0.2) is 11.7 Å². The van der Waals surface area contributed by atoms with Crippen molar-refractivity contribution in [2.45, 2.75) is 6.04 Å². The lowest BCUT2D eigenvalue weighted by molar-refractivity contribution is -0.477. The van der Waals surface area contributed by atoms with E-state index >= 15 is 0 Å². The van der Waals surface area contributed by atoms with E-state index in [4.69, 9.17) is 10.2 Å². The van der Waals surface area contributed by atoms with Crippen molar-refractivity contribution in [1.82, 2.24) is 0 Å². The monoisotopic (exact) mass is 282 g/mol. The average Bonchev–Trinajstić information content (AvgIpc) is 2.99. The van der Waals surface area contributed by atoms with Crippen molar-refractivity contribution in [2.24, 2.45) is 5.11 Å². The molecule has 4 rings (SSSR count). The van der Waals surface area contributed by atoms with Crippen LogP contribution >= 0.6 is 0 Å². The van der Waals surface area contributed by atoms with Crippen LogP contribution in [0.25, 0.3) is 11.0 Å². The SMILES string of the molecule is C[N+]1=NC(c2cc3cc(F)ccc3o2)c2cc(N)ccc21. The molecule has 0 aliphatic carbocycles. The van der Waals surface area contributed by atoms with Gasteiger partial charge in [0.05, 0.1) is 5.56 Å². The summed E-state index contributed by atoms with van der Waals surface area (Å²) in [5.74, 6) is 0.409. The second kappa shape index (κ2) is 4.15. The Morgan fingerprint density at radius 1 is 1.19 bits per heavy atom. The molecule has 1 aliphatic rings. The second-order valence-corrected chi connectivity index (χ2v) is 5.19. The van der Waals surface area contributed by atoms with Crippen molar-refractivity contribution >= 4 is 22.3 Å². The summed E-state index contributed by atoms with van der Waals surface area (Å²) in [6, 6.07) is 11.8. The molecule has 4 nitrogen and oxygen atoms in total. The van der Waals surface area contributed by atoms with Gasteiger partial charge in [-0.1, -0.05) is 4.70 Å². The number of nitrogen functional groups attached to an aromatic ring is 1. The molecule has 0 saturated heterocycles. The van der Waals surface area contributed by atoms with Gasteiger partial charge in [0.25, 0.3) is 0 Å². The summed E-state index contributed by atoms with van der Waals surface area (Å²) in [5.41, 5.74) is 9.21. The van der Waals surface area contributed by atoms with Gasteiger partial charge < -0.3 is 10.2 Å². The Morgan fingerprint density at radius 2 is 2.05 bits per heavy atom. The molecule has 104 valence electrons. The summed E-state index contributed by atoms with van der Waals surface area (Å²) in [7, 11) is 1.89. The molecule has 5 heteroatoms. The van der Waals surface area contributed by atoms with Crippen LogP contribution in [0.5, 0.6) is 0 Å². The Morgan fingerprint density at radius 3 is 2.90 bits per heavy atom. The first-order valence-corrected chi connectivity index (χ1v) is 6.65. The highest BCUT2D eigenvalue weighted by molar-refractivity contribution is 5.78. The number of nitrogens with zero attached hydrogens (tertiary/aromatic N) is 2. The summed E-state index contributed by atoms with van der Waals surface area (Å²) in [6.07, 6.45) is 0. The lowest BCUT2D eigenvalue weighted by Gasteiger charge is -2.01. The van der Waals surface area contributed by atoms with E-state index in [0.29, 0.717) is 17.0 Å². The molecule has 2 heterocycles. The number of hydrogen-bond acceptors (Lipinski definition) is 3. The van der Waals surface area contributed by atoms with Gasteiger partial charge in [-0.05, 0) is 41.5 Å². The number of furan rings is 1. The van der Waals surface area contributed by atoms with Gasteiger partial charge in [0.1, 0.15) is 17.2 Å². The van der Waals surface area contributed by atoms with Crippen molar-refractivity contribution in [2.75, 3.05) is 12.8 Å². The molecule has 1 atom stereocenters. The number of azo groups is 2. The predicted octanol–water partition coefficient (Wildman–Crippen LogP) is 3.98. The molecule has 0 fully saturated rings. The minimum Gasteiger partial charge on any atom is -0.458 e. The highest BCUT2D eigenvalue weighted by atomic mass is 19.1. The van der Waals surface area contributed by atoms with E-state index in [0.717, 1.165) is 16.6 Å². The lowest BCUT2D eigenvalue weighted by atomic mass is 10.0. The molecule has 1 unspecified atom stereocenters. The van der Waals surface area contributed by atoms with Gasteiger partial charge in [0, 0.05) is 17.1 Å². The molecule has 2 N–H and O–H groups in total. The van der Waals surface area contributed by atoms with Crippen molar-refractivity contribution in [3.05, 3.63) is 59.6 Å². The van der Waals surface area contributed by atoms with Gasteiger partial charge in [-0.15, -0.1) is 0 Å². The molecule has 3 aromatic rings. The van der Waals surface area contributed by atoms with E-state index in [-0.39, 0.29) is 11.9 Å². The summed E-state index contributed by atoms with van der Waals surface area (Å²) < 4.78 is 20.9. The number of anilines is 1. The molecule has 21 heavy (non-hydrogen) atoms. The third-order valence-electron chi connectivity index (χ3n) is 3.75. The Balaban J connectivity index is 1.88. The topological polar surface area (TPSA) is 54.5 Å². The van der Waals surface area contributed by atoms with Crippen LogP contribution in [0.2, 0.25) is 0 Å². The van der Waals surface area contributed by atoms with Gasteiger partial charge in [-0.2, -0.15) is 0 Å². The molecule has 0 amide bonds. The van der Waals surface area contributed by atoms with Gasteiger partial charge >= 0.3 is 0 Å². The molecule has 2 aromatic carbocycles. The zero-order valence-electron chi connectivity index (χ0n) is 11.4. The van der Waals surface area contributed by atoms with E-state index in [2.05, 4.69) is 5.11 Å². The molecule has 1 aliphatic heterocycles. The van der Waals surface area contributed by atoms with Gasteiger partial charge in [-0.25, -0.2) is 4.39 Å². The zero-order valence-corrected chi connectivity index (χ0v) is 11.4. The van der Waals surface area contributed by atoms with Crippen LogP contribution in [0.15, 0.2) is 52.0 Å². The van der Waals surface area contributed by atoms with Crippen LogP contribution in [0.1, 0.15) is 17.4 Å². The Labute approximate surface area is 120 Å². The molecular weight excluding hydrogens is 269 g/mol. The van der Waals surface area contributed by atoms with E-state index < -0.39 is 0 Å². The van der Waals surface area contributed by atoms with Crippen LogP contribution in [0.4, 0.5) is 15.8 Å². The maximum Gasteiger partial charge on any atom is 0.237 e. The van der Waals surface area contributed by atoms with E-state index in [9.17, 15) is 4.39 Å². The fourth-order valence-electron chi connectivity index (χ4n) is 2.76. The first-order valence-electron chi connectivity index (χ1n) is 6.65. The summed E-state index contributed by atoms with van der Waals surface area (Å²) in [5, 5.41) is 5.31. The Bertz CT molecular complexity index is 898. The zero-order chi connectivity index (χ0) is 14.6. The predicted molar refractivity (Wildman–Crippen MR) is 77.1 cm³/mol. The number of nitrogens with two attached hydrogens (primary N) is 1. The number of benzene rings is 2. The molecule has 0 spiro atoms. The number of rotatable bonds is 1. The quantitative estimate of drug-likeness (QED) is 0.542. The summed E-state index contributed by atoms with van der Waals surface area (Å²) >= 11 is 0. The third-order valence-corrected chi connectivity index (χ3v) is 3.75. The molecule has 0 bridgehead atoms. The smallest absolute Gasteiger partial charge is 0.237 e. The highest BCUT2D eigenvalue weighted by Crippen LogP contribution is 2.41. The van der Waals surface area contributed by atoms with Crippen LogP contribution in [0, 0.1) is 5.82 Å². The van der Waals surface area contributed by atoms with Crippen LogP contribution < -0.4 is 5.73 Å². The minimum absolute atomic E-state index is 0.246. The third kappa shape index (κ3) is 1.81. The Kier molecular flexibility index (Phi) is 2.39. The largest absolute Gasteiger partial charge is 0.458 e. The second-order valence-electron chi connectivity index (χ2n) is 5.19. The lowest BCUT2D eigenvalue weighted by Crippen LogP contribution is -1.94. The van der Waals surface area contributed by atoms with E-state index in [1.165, 1.54) is 12.1 Å². The maximum atomic E-state index is 13.3. The van der Waals surface area contributed by atoms with Gasteiger partial charge in [-0.3, -0.25) is 0 Å². The minimum atomic E-state index is -0.278. The highest BCUT2D eigenvalue weighted by Gasteiger charge is 2.34. The first-order chi connectivity index (χ1) is 10.1. The van der Waals surface area contributed by atoms with Crippen molar-refractivity contribution in [1.29, 1.82) is 0 Å². The Hall–Kier alpha value is -2.69. The van der Waals surface area contributed by atoms with Gasteiger partial charge in [0.2, 0.25) is 11.7 Å². The molecular formula is C16H13FN3O+. The normalized spacial score (nSPS) is 17.0. The fraction of sp³-hybridized carbons (Fsp3) is 0.125. The standard InChI is InChI=1S/C16H13FN3O/c1-20-13-4-3-11(18)8-12(13)16(19-20)15-7-9-6-10(17)2-5-14(9)21-15/h2-8,16H,18H2,1H3/q+1. The summed E-state index contributed by atoms with van der Waals surface area (Å²) in [4.78, 5) is 0. The number of halogens is 1. The maximum absolute atomic E-state index is 13.3. The molecule has 0 saturated carbocycles. The van der Waals surface area contributed by atoms with Crippen molar-refractivity contribution in [3.8, 4) is 0 Å². The summed E-state index contributed by atoms with van der Waals surface area (Å²) in [6.45, 7) is 0. The number of hydrogen-bond donors (Lipinski definition) is 1. The van der Waals surface area contributed by atoms with Crippen LogP contribution in [-0.2, 0) is 0 Å². The first kappa shape index (κ1) is 12.1. The van der Waals surface area contributed by atoms with Crippen LogP contribution in [0.3, 0.4) is 0 Å². The molecule has 1 aromatic heterocycles. The average molecular weight is 282 g/mol. The van der Waals surface area contributed by atoms with E-state index in [1.54, 1.807) is 6.07 Å². The molecule has 0 radical (unpaired) electrons. The van der Waals surface area contributed by atoms with Crippen molar-refractivity contribution < 1.29 is 13.5 Å². The fourth-order valence-corrected chi connectivity index (χ4v) is 2.76. The number of fused-ring (bicyclic) bond motifs is 2. The van der Waals surface area contributed by atoms with E-state index in [1.807, 2.05) is 36.0 Å².